The number of allylic oxidation sites excluding steroid dienone is 1. The molecule has 20 heavy (non-hydrogen) atoms. The fourth-order valence-electron chi connectivity index (χ4n) is 2.38. The summed E-state index contributed by atoms with van der Waals surface area (Å²) in [5, 5.41) is 2.95. The molecule has 108 valence electrons. The van der Waals surface area contributed by atoms with Crippen LogP contribution in [0, 0.1) is 0 Å². The van der Waals surface area contributed by atoms with Crippen LogP contribution < -0.4 is 10.1 Å². The van der Waals surface area contributed by atoms with Crippen LogP contribution in [0.4, 0.5) is 0 Å². The van der Waals surface area contributed by atoms with Crippen molar-refractivity contribution in [2.45, 2.75) is 45.1 Å². The second kappa shape index (κ2) is 7.73. The zero-order valence-corrected chi connectivity index (χ0v) is 12.1. The second-order valence-corrected chi connectivity index (χ2v) is 5.22. The Morgan fingerprint density at radius 2 is 2.10 bits per heavy atom. The lowest BCUT2D eigenvalue weighted by molar-refractivity contribution is -0.127. The number of carbonyl (C=O) groups excluding carboxylic acids is 1. The average molecular weight is 273 g/mol. The van der Waals surface area contributed by atoms with Crippen molar-refractivity contribution in [3.8, 4) is 5.75 Å². The number of hydrogen-bond acceptors (Lipinski definition) is 2. The Hall–Kier alpha value is -1.77. The van der Waals surface area contributed by atoms with E-state index in [4.69, 9.17) is 4.74 Å². The molecule has 1 aromatic carbocycles. The van der Waals surface area contributed by atoms with Gasteiger partial charge in [-0.3, -0.25) is 4.79 Å². The highest BCUT2D eigenvalue weighted by atomic mass is 16.5. The van der Waals surface area contributed by atoms with Crippen LogP contribution in [0.25, 0.3) is 0 Å². The van der Waals surface area contributed by atoms with Crippen LogP contribution in [0.1, 0.15) is 39.0 Å². The first-order valence-corrected chi connectivity index (χ1v) is 7.43. The predicted octanol–water partition coefficient (Wildman–Crippen LogP) is 3.46. The molecule has 1 aliphatic carbocycles. The first-order valence-electron chi connectivity index (χ1n) is 7.43. The van der Waals surface area contributed by atoms with E-state index >= 15 is 0 Å². The highest BCUT2D eigenvalue weighted by Crippen LogP contribution is 2.19. The number of ether oxygens (including phenoxy) is 1. The first-order chi connectivity index (χ1) is 9.75. The minimum atomic E-state index is -0.460. The van der Waals surface area contributed by atoms with Crippen LogP contribution in [0.2, 0.25) is 0 Å². The quantitative estimate of drug-likeness (QED) is 0.806. The van der Waals surface area contributed by atoms with Crippen molar-refractivity contribution >= 4 is 5.91 Å². The third-order valence-electron chi connectivity index (χ3n) is 3.56. The Morgan fingerprint density at radius 3 is 2.80 bits per heavy atom. The van der Waals surface area contributed by atoms with E-state index < -0.39 is 6.10 Å². The third kappa shape index (κ3) is 4.72. The highest BCUT2D eigenvalue weighted by molar-refractivity contribution is 5.80. The Kier molecular flexibility index (Phi) is 5.66. The predicted molar refractivity (Wildman–Crippen MR) is 80.7 cm³/mol. The molecule has 1 amide bonds. The van der Waals surface area contributed by atoms with Crippen molar-refractivity contribution in [1.82, 2.24) is 5.32 Å². The summed E-state index contributed by atoms with van der Waals surface area (Å²) in [7, 11) is 0. The van der Waals surface area contributed by atoms with Crippen molar-refractivity contribution in [1.29, 1.82) is 0 Å². The molecule has 0 aliphatic heterocycles. The number of carbonyl (C=O) groups is 1. The van der Waals surface area contributed by atoms with Gasteiger partial charge < -0.3 is 10.1 Å². The van der Waals surface area contributed by atoms with Gasteiger partial charge in [0.15, 0.2) is 6.10 Å². The van der Waals surface area contributed by atoms with E-state index in [1.165, 1.54) is 31.3 Å². The average Bonchev–Trinajstić information content (AvgIpc) is 2.49. The van der Waals surface area contributed by atoms with Gasteiger partial charge in [0, 0.05) is 6.54 Å². The topological polar surface area (TPSA) is 38.3 Å². The fraction of sp³-hybridized carbons (Fsp3) is 0.471. The van der Waals surface area contributed by atoms with E-state index in [0.29, 0.717) is 6.54 Å². The Bertz CT molecular complexity index is 453. The van der Waals surface area contributed by atoms with Crippen LogP contribution in [0.5, 0.6) is 5.75 Å². The minimum Gasteiger partial charge on any atom is -0.481 e. The molecule has 0 saturated heterocycles. The summed E-state index contributed by atoms with van der Waals surface area (Å²) in [6, 6.07) is 9.44. The van der Waals surface area contributed by atoms with E-state index in [0.717, 1.165) is 12.2 Å². The van der Waals surface area contributed by atoms with E-state index in [9.17, 15) is 4.79 Å². The van der Waals surface area contributed by atoms with Gasteiger partial charge in [0.05, 0.1) is 0 Å². The fourth-order valence-corrected chi connectivity index (χ4v) is 2.38. The summed E-state index contributed by atoms with van der Waals surface area (Å²) >= 11 is 0. The number of rotatable bonds is 6. The standard InChI is InChI=1S/C17H23NO2/c1-14(20-16-10-6-3-7-11-16)17(19)18-13-12-15-8-4-2-5-9-15/h3,6-8,10-11,14H,2,4-5,9,12-13H2,1H3,(H,18,19)/t14-/m0/s1. The summed E-state index contributed by atoms with van der Waals surface area (Å²) in [4.78, 5) is 11.9. The van der Waals surface area contributed by atoms with Gasteiger partial charge in [-0.05, 0) is 51.2 Å². The van der Waals surface area contributed by atoms with Crippen LogP contribution in [0.3, 0.4) is 0 Å². The van der Waals surface area contributed by atoms with Crippen LogP contribution in [0.15, 0.2) is 42.0 Å². The monoisotopic (exact) mass is 273 g/mol. The molecular formula is C17H23NO2. The summed E-state index contributed by atoms with van der Waals surface area (Å²) in [6.07, 6.45) is 7.79. The van der Waals surface area contributed by atoms with Crippen molar-refractivity contribution in [3.05, 3.63) is 42.0 Å². The van der Waals surface area contributed by atoms with Gasteiger partial charge in [-0.2, -0.15) is 0 Å². The molecule has 0 unspecified atom stereocenters. The molecule has 0 saturated carbocycles. The lowest BCUT2D eigenvalue weighted by atomic mass is 9.97. The molecule has 0 fully saturated rings. The molecule has 2 rings (SSSR count). The van der Waals surface area contributed by atoms with Crippen LogP contribution >= 0.6 is 0 Å². The van der Waals surface area contributed by atoms with E-state index in [1.54, 1.807) is 6.92 Å². The van der Waals surface area contributed by atoms with Crippen molar-refractivity contribution in [2.24, 2.45) is 0 Å². The SMILES string of the molecule is C[C@H](Oc1ccccc1)C(=O)NCCC1=CCCCC1. The third-order valence-corrected chi connectivity index (χ3v) is 3.56. The summed E-state index contributed by atoms with van der Waals surface area (Å²) in [5.74, 6) is 0.676. The largest absolute Gasteiger partial charge is 0.481 e. The maximum absolute atomic E-state index is 11.9. The zero-order chi connectivity index (χ0) is 14.2. The summed E-state index contributed by atoms with van der Waals surface area (Å²) in [6.45, 7) is 2.48. The van der Waals surface area contributed by atoms with Gasteiger partial charge in [0.25, 0.3) is 5.91 Å². The molecule has 1 aromatic rings. The van der Waals surface area contributed by atoms with Crippen LogP contribution in [-0.2, 0) is 4.79 Å². The van der Waals surface area contributed by atoms with E-state index in [2.05, 4.69) is 11.4 Å². The highest BCUT2D eigenvalue weighted by Gasteiger charge is 2.14. The second-order valence-electron chi connectivity index (χ2n) is 5.22. The smallest absolute Gasteiger partial charge is 0.260 e. The van der Waals surface area contributed by atoms with Gasteiger partial charge >= 0.3 is 0 Å². The first kappa shape index (κ1) is 14.6. The lowest BCUT2D eigenvalue weighted by Crippen LogP contribution is -2.36. The lowest BCUT2D eigenvalue weighted by Gasteiger charge is -2.16. The Labute approximate surface area is 121 Å². The molecule has 0 spiro atoms. The summed E-state index contributed by atoms with van der Waals surface area (Å²) < 4.78 is 5.59. The zero-order valence-electron chi connectivity index (χ0n) is 12.1. The van der Waals surface area contributed by atoms with Crippen molar-refractivity contribution < 1.29 is 9.53 Å². The number of para-hydroxylation sites is 1. The molecular weight excluding hydrogens is 250 g/mol. The van der Waals surface area contributed by atoms with E-state index in [1.807, 2.05) is 30.3 Å². The summed E-state index contributed by atoms with van der Waals surface area (Å²) in [5.41, 5.74) is 1.48. The normalized spacial score (nSPS) is 16.1. The van der Waals surface area contributed by atoms with Crippen molar-refractivity contribution in [3.63, 3.8) is 0 Å². The molecule has 1 N–H and O–H groups in total. The van der Waals surface area contributed by atoms with Gasteiger partial charge in [-0.1, -0.05) is 29.8 Å². The molecule has 3 nitrogen and oxygen atoms in total. The number of hydrogen-bond donors (Lipinski definition) is 1. The molecule has 0 bridgehead atoms. The minimum absolute atomic E-state index is 0.0507. The Balaban J connectivity index is 1.70. The van der Waals surface area contributed by atoms with Gasteiger partial charge in [0.2, 0.25) is 0 Å². The Morgan fingerprint density at radius 1 is 1.30 bits per heavy atom. The van der Waals surface area contributed by atoms with E-state index in [-0.39, 0.29) is 5.91 Å². The maximum Gasteiger partial charge on any atom is 0.260 e. The van der Waals surface area contributed by atoms with Crippen molar-refractivity contribution in [2.75, 3.05) is 6.54 Å². The molecule has 0 aromatic heterocycles. The molecule has 1 atom stereocenters. The van der Waals surface area contributed by atoms with Gasteiger partial charge in [0.1, 0.15) is 5.75 Å². The number of nitrogens with one attached hydrogen (secondary N) is 1. The molecule has 0 radical (unpaired) electrons. The number of amides is 1. The maximum atomic E-state index is 11.9. The molecule has 1 aliphatic rings. The van der Waals surface area contributed by atoms with Gasteiger partial charge in [-0.25, -0.2) is 0 Å². The number of benzene rings is 1. The molecule has 3 heteroatoms. The van der Waals surface area contributed by atoms with Gasteiger partial charge in [-0.15, -0.1) is 0 Å². The molecule has 0 heterocycles. The van der Waals surface area contributed by atoms with Crippen LogP contribution in [-0.4, -0.2) is 18.6 Å².